The predicted molar refractivity (Wildman–Crippen MR) is 101 cm³/mol. The van der Waals surface area contributed by atoms with E-state index in [0.29, 0.717) is 17.7 Å². The maximum Gasteiger partial charge on any atom is 0.255 e. The summed E-state index contributed by atoms with van der Waals surface area (Å²) < 4.78 is 12.5. The van der Waals surface area contributed by atoms with Gasteiger partial charge in [-0.2, -0.15) is 5.10 Å². The number of fused-ring (bicyclic) bond motifs is 1. The molecule has 0 saturated heterocycles. The summed E-state index contributed by atoms with van der Waals surface area (Å²) in [7, 11) is 1.86. The van der Waals surface area contributed by atoms with E-state index < -0.39 is 0 Å². The van der Waals surface area contributed by atoms with Crippen molar-refractivity contribution in [2.45, 2.75) is 19.4 Å². The molecule has 27 heavy (non-hydrogen) atoms. The van der Waals surface area contributed by atoms with Crippen molar-refractivity contribution in [3.05, 3.63) is 77.1 Å². The maximum atomic E-state index is 12.9. The summed E-state index contributed by atoms with van der Waals surface area (Å²) in [4.78, 5) is 12.9. The van der Waals surface area contributed by atoms with Crippen molar-refractivity contribution in [2.75, 3.05) is 6.79 Å². The molecule has 1 aromatic heterocycles. The summed E-state index contributed by atoms with van der Waals surface area (Å²) in [5.41, 5.74) is 3.57. The fourth-order valence-corrected chi connectivity index (χ4v) is 3.19. The Bertz CT molecular complexity index is 966. The van der Waals surface area contributed by atoms with Crippen LogP contribution in [0.15, 0.2) is 54.7 Å². The number of carbonyl (C=O) groups excluding carboxylic acids is 1. The number of aromatic nitrogens is 2. The van der Waals surface area contributed by atoms with Crippen LogP contribution in [0, 0.1) is 0 Å². The van der Waals surface area contributed by atoms with Gasteiger partial charge in [0.1, 0.15) is 0 Å². The molecule has 0 spiro atoms. The lowest BCUT2D eigenvalue weighted by Gasteiger charge is -2.15. The second-order valence-electron chi connectivity index (χ2n) is 6.60. The molecule has 0 fully saturated rings. The third-order valence-electron chi connectivity index (χ3n) is 4.76. The number of rotatable bonds is 5. The van der Waals surface area contributed by atoms with E-state index in [2.05, 4.69) is 10.4 Å². The average Bonchev–Trinajstić information content (AvgIpc) is 3.29. The topological polar surface area (TPSA) is 65.4 Å². The van der Waals surface area contributed by atoms with E-state index in [9.17, 15) is 4.79 Å². The number of benzene rings is 2. The molecule has 1 unspecified atom stereocenters. The lowest BCUT2D eigenvalue weighted by Crippen LogP contribution is -2.27. The number of nitrogens with zero attached hydrogens (tertiary/aromatic N) is 2. The van der Waals surface area contributed by atoms with E-state index in [-0.39, 0.29) is 18.7 Å². The highest BCUT2D eigenvalue weighted by atomic mass is 16.7. The molecule has 1 aliphatic rings. The molecule has 138 valence electrons. The number of ether oxygens (including phenoxy) is 2. The minimum atomic E-state index is -0.170. The van der Waals surface area contributed by atoms with Gasteiger partial charge in [-0.25, -0.2) is 0 Å². The fourth-order valence-electron chi connectivity index (χ4n) is 3.19. The fraction of sp³-hybridized carbons (Fsp3) is 0.238. The Morgan fingerprint density at radius 3 is 2.78 bits per heavy atom. The highest BCUT2D eigenvalue weighted by Crippen LogP contribution is 2.34. The first-order valence-electron chi connectivity index (χ1n) is 8.87. The van der Waals surface area contributed by atoms with E-state index in [1.807, 2.05) is 62.5 Å². The monoisotopic (exact) mass is 363 g/mol. The van der Waals surface area contributed by atoms with E-state index in [1.54, 1.807) is 10.9 Å². The zero-order valence-electron chi connectivity index (χ0n) is 15.3. The van der Waals surface area contributed by atoms with Gasteiger partial charge in [-0.1, -0.05) is 36.4 Å². The van der Waals surface area contributed by atoms with E-state index in [1.165, 1.54) is 0 Å². The van der Waals surface area contributed by atoms with Crippen molar-refractivity contribution in [1.82, 2.24) is 15.1 Å². The molecule has 4 rings (SSSR count). The van der Waals surface area contributed by atoms with Gasteiger partial charge in [0, 0.05) is 13.5 Å². The molecule has 1 amide bonds. The smallest absolute Gasteiger partial charge is 0.255 e. The second-order valence-corrected chi connectivity index (χ2v) is 6.60. The number of amides is 1. The van der Waals surface area contributed by atoms with Gasteiger partial charge >= 0.3 is 0 Å². The Morgan fingerprint density at radius 2 is 1.96 bits per heavy atom. The number of aryl methyl sites for hydroxylation is 1. The van der Waals surface area contributed by atoms with Crippen LogP contribution in [0.2, 0.25) is 0 Å². The van der Waals surface area contributed by atoms with Crippen LogP contribution in [0.3, 0.4) is 0 Å². The third kappa shape index (κ3) is 3.51. The third-order valence-corrected chi connectivity index (χ3v) is 4.76. The molecule has 1 atom stereocenters. The van der Waals surface area contributed by atoms with Gasteiger partial charge in [-0.15, -0.1) is 0 Å². The minimum Gasteiger partial charge on any atom is -0.454 e. The van der Waals surface area contributed by atoms with E-state index >= 15 is 0 Å². The lowest BCUT2D eigenvalue weighted by atomic mass is 10.0. The van der Waals surface area contributed by atoms with Crippen molar-refractivity contribution < 1.29 is 14.3 Å². The van der Waals surface area contributed by atoms with Gasteiger partial charge in [0.05, 0.1) is 23.5 Å². The molecule has 0 aliphatic carbocycles. The first-order valence-corrected chi connectivity index (χ1v) is 8.87. The molecule has 0 radical (unpaired) electrons. The molecule has 0 bridgehead atoms. The van der Waals surface area contributed by atoms with Gasteiger partial charge in [-0.3, -0.25) is 9.48 Å². The van der Waals surface area contributed by atoms with Gasteiger partial charge in [0.15, 0.2) is 11.5 Å². The largest absolute Gasteiger partial charge is 0.454 e. The normalized spacial score (nSPS) is 13.4. The average molecular weight is 363 g/mol. The predicted octanol–water partition coefficient (Wildman–Crippen LogP) is 3.23. The highest BCUT2D eigenvalue weighted by molar-refractivity contribution is 5.95. The molecule has 2 heterocycles. The first-order chi connectivity index (χ1) is 13.1. The molecule has 1 N–H and O–H groups in total. The maximum absolute atomic E-state index is 12.9. The van der Waals surface area contributed by atoms with E-state index in [4.69, 9.17) is 9.47 Å². The van der Waals surface area contributed by atoms with Crippen LogP contribution in [-0.4, -0.2) is 22.5 Å². The van der Waals surface area contributed by atoms with Crippen molar-refractivity contribution in [3.8, 4) is 11.5 Å². The Hall–Kier alpha value is -3.28. The van der Waals surface area contributed by atoms with Crippen molar-refractivity contribution in [2.24, 2.45) is 7.05 Å². The summed E-state index contributed by atoms with van der Waals surface area (Å²) in [6, 6.07) is 15.6. The van der Waals surface area contributed by atoms with Crippen LogP contribution in [0.4, 0.5) is 0 Å². The van der Waals surface area contributed by atoms with Crippen molar-refractivity contribution >= 4 is 5.91 Å². The first kappa shape index (κ1) is 17.1. The number of carbonyl (C=O) groups is 1. The van der Waals surface area contributed by atoms with Crippen LogP contribution in [-0.2, 0) is 13.5 Å². The molecule has 0 saturated carbocycles. The summed E-state index contributed by atoms with van der Waals surface area (Å²) in [5.74, 6) is 1.30. The van der Waals surface area contributed by atoms with Gasteiger partial charge in [0.2, 0.25) is 6.79 Å². The van der Waals surface area contributed by atoms with Gasteiger partial charge in [-0.05, 0) is 30.2 Å². The molecule has 1 aliphatic heterocycles. The van der Waals surface area contributed by atoms with Crippen LogP contribution in [0.1, 0.15) is 40.1 Å². The Labute approximate surface area is 157 Å². The van der Waals surface area contributed by atoms with Gasteiger partial charge in [0.25, 0.3) is 5.91 Å². The molecular weight excluding hydrogens is 342 g/mol. The van der Waals surface area contributed by atoms with Crippen LogP contribution in [0.25, 0.3) is 0 Å². The quantitative estimate of drug-likeness (QED) is 0.756. The van der Waals surface area contributed by atoms with E-state index in [0.717, 1.165) is 22.6 Å². The summed E-state index contributed by atoms with van der Waals surface area (Å²) in [6.45, 7) is 2.18. The van der Waals surface area contributed by atoms with Crippen molar-refractivity contribution in [3.63, 3.8) is 0 Å². The SMILES string of the molecule is CC(NC(=O)c1cnn(C)c1Cc1ccccc1)c1ccc2c(c1)OCO2. The molecule has 6 heteroatoms. The number of nitrogens with one attached hydrogen (secondary N) is 1. The molecule has 3 aromatic rings. The summed E-state index contributed by atoms with van der Waals surface area (Å²) in [5, 5.41) is 7.33. The molecular formula is C21H21N3O3. The van der Waals surface area contributed by atoms with Gasteiger partial charge < -0.3 is 14.8 Å². The highest BCUT2D eigenvalue weighted by Gasteiger charge is 2.20. The standard InChI is InChI=1S/C21H21N3O3/c1-14(16-8-9-19-20(11-16)27-13-26-19)23-21(25)17-12-22-24(2)18(17)10-15-6-4-3-5-7-15/h3-9,11-12,14H,10,13H2,1-2H3,(H,23,25). The zero-order chi connectivity index (χ0) is 18.8. The Balaban J connectivity index is 1.51. The lowest BCUT2D eigenvalue weighted by molar-refractivity contribution is 0.0939. The molecule has 6 nitrogen and oxygen atoms in total. The minimum absolute atomic E-state index is 0.140. The van der Waals surface area contributed by atoms with Crippen LogP contribution < -0.4 is 14.8 Å². The van der Waals surface area contributed by atoms with Crippen LogP contribution in [0.5, 0.6) is 11.5 Å². The Morgan fingerprint density at radius 1 is 1.19 bits per heavy atom. The molecule has 2 aromatic carbocycles. The number of hydrogen-bond donors (Lipinski definition) is 1. The number of hydrogen-bond acceptors (Lipinski definition) is 4. The summed E-state index contributed by atoms with van der Waals surface area (Å²) in [6.07, 6.45) is 2.28. The Kier molecular flexibility index (Phi) is 4.54. The second kappa shape index (κ2) is 7.15. The zero-order valence-corrected chi connectivity index (χ0v) is 15.3. The van der Waals surface area contributed by atoms with Crippen molar-refractivity contribution in [1.29, 1.82) is 0 Å². The van der Waals surface area contributed by atoms with Crippen LogP contribution >= 0.6 is 0 Å². The summed E-state index contributed by atoms with van der Waals surface area (Å²) >= 11 is 0.